The molecule has 1 aliphatic carbocycles. The molecule has 0 radical (unpaired) electrons. The van der Waals surface area contributed by atoms with E-state index in [1.54, 1.807) is 0 Å². The number of primary amides is 1. The van der Waals surface area contributed by atoms with Crippen molar-refractivity contribution in [2.75, 3.05) is 5.32 Å². The van der Waals surface area contributed by atoms with Crippen molar-refractivity contribution in [3.8, 4) is 11.3 Å². The van der Waals surface area contributed by atoms with E-state index in [0.29, 0.717) is 22.0 Å². The van der Waals surface area contributed by atoms with Gasteiger partial charge in [0.2, 0.25) is 0 Å². The Morgan fingerprint density at radius 3 is 2.61 bits per heavy atom. The Bertz CT molecular complexity index is 1440. The fourth-order valence-corrected chi connectivity index (χ4v) is 6.61. The van der Waals surface area contributed by atoms with Gasteiger partial charge in [-0.3, -0.25) is 9.59 Å². The lowest BCUT2D eigenvalue weighted by molar-refractivity contribution is 0.1000. The van der Waals surface area contributed by atoms with Gasteiger partial charge in [0, 0.05) is 15.8 Å². The predicted molar refractivity (Wildman–Crippen MR) is 148 cm³/mol. The molecule has 0 fully saturated rings. The van der Waals surface area contributed by atoms with Crippen LogP contribution in [0.2, 0.25) is 0 Å². The number of anilines is 1. The highest BCUT2D eigenvalue weighted by molar-refractivity contribution is 7.17. The van der Waals surface area contributed by atoms with Crippen molar-refractivity contribution in [3.63, 3.8) is 0 Å². The average molecular weight is 498 g/mol. The maximum Gasteiger partial charge on any atom is 0.257 e. The van der Waals surface area contributed by atoms with E-state index in [1.807, 2.05) is 42.5 Å². The number of amides is 2. The number of hydrogen-bond donors (Lipinski definition) is 2. The normalized spacial score (nSPS) is 15.0. The first kappa shape index (κ1) is 24.2. The molecule has 4 aromatic rings. The van der Waals surface area contributed by atoms with Crippen LogP contribution in [-0.2, 0) is 19.3 Å². The number of nitrogens with zero attached hydrogens (tertiary/aromatic N) is 1. The summed E-state index contributed by atoms with van der Waals surface area (Å²) in [5, 5.41) is 4.38. The minimum atomic E-state index is -0.479. The Hall–Kier alpha value is -3.51. The molecule has 0 spiro atoms. The maximum absolute atomic E-state index is 13.7. The van der Waals surface area contributed by atoms with Crippen molar-refractivity contribution < 1.29 is 9.59 Å². The van der Waals surface area contributed by atoms with E-state index in [-0.39, 0.29) is 5.91 Å². The highest BCUT2D eigenvalue weighted by Gasteiger charge is 2.29. The molecule has 0 saturated heterocycles. The summed E-state index contributed by atoms with van der Waals surface area (Å²) in [4.78, 5) is 32.1. The minimum absolute atomic E-state index is 0.258. The summed E-state index contributed by atoms with van der Waals surface area (Å²) in [6.45, 7) is 4.33. The maximum atomic E-state index is 13.7. The summed E-state index contributed by atoms with van der Waals surface area (Å²) >= 11 is 1.50. The van der Waals surface area contributed by atoms with E-state index in [0.717, 1.165) is 59.8 Å². The lowest BCUT2D eigenvalue weighted by atomic mass is 9.84. The van der Waals surface area contributed by atoms with Crippen molar-refractivity contribution in [2.24, 2.45) is 11.7 Å². The van der Waals surface area contributed by atoms with Crippen molar-refractivity contribution in [1.82, 2.24) is 4.98 Å². The minimum Gasteiger partial charge on any atom is -0.365 e. The van der Waals surface area contributed by atoms with Gasteiger partial charge in [-0.25, -0.2) is 4.98 Å². The standard InChI is InChI=1S/C30H31N3O2S/c1-3-7-19-12-15-22-26(16-19)36-30(27(22)28(31)34)33-29(35)23-17-25(20-13-10-18(4-2)11-14-20)32-24-9-6-5-8-21(23)24/h5-6,8-11,13-14,17,19H,3-4,7,12,15-16H2,1-2H3,(H2,31,34)(H,33,35)/t19-/m1/s1. The van der Waals surface area contributed by atoms with Gasteiger partial charge >= 0.3 is 0 Å². The fourth-order valence-electron chi connectivity index (χ4n) is 5.25. The zero-order chi connectivity index (χ0) is 25.2. The SMILES string of the molecule is CCC[C@@H]1CCc2c(sc(NC(=O)c3cc(-c4ccc(CC)cc4)nc4ccccc34)c2C(N)=O)C1. The Morgan fingerprint density at radius 2 is 1.89 bits per heavy atom. The van der Waals surface area contributed by atoms with Gasteiger partial charge in [0.25, 0.3) is 11.8 Å². The third kappa shape index (κ3) is 4.65. The van der Waals surface area contributed by atoms with Gasteiger partial charge in [-0.1, -0.05) is 69.2 Å². The smallest absolute Gasteiger partial charge is 0.257 e. The third-order valence-electron chi connectivity index (χ3n) is 7.16. The van der Waals surface area contributed by atoms with Crippen LogP contribution in [-0.4, -0.2) is 16.8 Å². The molecule has 2 aromatic carbocycles. The number of para-hydroxylation sites is 1. The molecule has 2 amide bonds. The van der Waals surface area contributed by atoms with E-state index >= 15 is 0 Å². The van der Waals surface area contributed by atoms with Crippen LogP contribution in [0.25, 0.3) is 22.2 Å². The molecule has 5 nitrogen and oxygen atoms in total. The lowest BCUT2D eigenvalue weighted by Gasteiger charge is -2.21. The van der Waals surface area contributed by atoms with Crippen LogP contribution >= 0.6 is 11.3 Å². The molecule has 36 heavy (non-hydrogen) atoms. The van der Waals surface area contributed by atoms with Crippen molar-refractivity contribution >= 4 is 39.1 Å². The number of rotatable bonds is 7. The van der Waals surface area contributed by atoms with Gasteiger partial charge in [0.1, 0.15) is 5.00 Å². The van der Waals surface area contributed by atoms with Crippen LogP contribution in [0, 0.1) is 5.92 Å². The molecule has 3 N–H and O–H groups in total. The quantitative estimate of drug-likeness (QED) is 0.295. The molecule has 0 bridgehead atoms. The molecule has 1 atom stereocenters. The van der Waals surface area contributed by atoms with Crippen LogP contribution in [0.15, 0.2) is 54.6 Å². The van der Waals surface area contributed by atoms with Gasteiger partial charge < -0.3 is 11.1 Å². The second-order valence-corrected chi connectivity index (χ2v) is 10.7. The van der Waals surface area contributed by atoms with Gasteiger partial charge in [0.15, 0.2) is 0 Å². The number of nitrogens with one attached hydrogen (secondary N) is 1. The molecule has 5 rings (SSSR count). The molecule has 0 unspecified atom stereocenters. The Labute approximate surface area is 215 Å². The lowest BCUT2D eigenvalue weighted by Crippen LogP contribution is -2.20. The van der Waals surface area contributed by atoms with E-state index in [4.69, 9.17) is 10.7 Å². The zero-order valence-electron chi connectivity index (χ0n) is 20.8. The van der Waals surface area contributed by atoms with Gasteiger partial charge in [-0.15, -0.1) is 11.3 Å². The number of nitrogens with two attached hydrogens (primary N) is 1. The molecule has 6 heteroatoms. The fraction of sp³-hybridized carbons (Fsp3) is 0.300. The number of benzene rings is 2. The number of carbonyl (C=O) groups is 2. The Kier molecular flexibility index (Phi) is 6.88. The van der Waals surface area contributed by atoms with E-state index in [1.165, 1.54) is 28.2 Å². The Morgan fingerprint density at radius 1 is 1.11 bits per heavy atom. The highest BCUT2D eigenvalue weighted by Crippen LogP contribution is 2.41. The summed E-state index contributed by atoms with van der Waals surface area (Å²) in [5.74, 6) is -0.115. The number of carbonyl (C=O) groups excluding carboxylic acids is 2. The molecular formula is C30H31N3O2S. The number of thiophene rings is 1. The molecule has 0 aliphatic heterocycles. The Balaban J connectivity index is 1.53. The van der Waals surface area contributed by atoms with Gasteiger partial charge in [-0.05, 0) is 54.9 Å². The second-order valence-electron chi connectivity index (χ2n) is 9.55. The average Bonchev–Trinajstić information content (AvgIpc) is 3.25. The van der Waals surface area contributed by atoms with Crippen molar-refractivity contribution in [2.45, 2.75) is 52.4 Å². The van der Waals surface area contributed by atoms with Crippen LogP contribution in [0.3, 0.4) is 0 Å². The molecule has 2 heterocycles. The van der Waals surface area contributed by atoms with Crippen molar-refractivity contribution in [1.29, 1.82) is 0 Å². The summed E-state index contributed by atoms with van der Waals surface area (Å²) < 4.78 is 0. The van der Waals surface area contributed by atoms with Crippen LogP contribution < -0.4 is 11.1 Å². The molecule has 0 saturated carbocycles. The highest BCUT2D eigenvalue weighted by atomic mass is 32.1. The summed E-state index contributed by atoms with van der Waals surface area (Å²) in [7, 11) is 0. The topological polar surface area (TPSA) is 85.1 Å². The number of aromatic nitrogens is 1. The van der Waals surface area contributed by atoms with E-state index < -0.39 is 5.91 Å². The number of pyridine rings is 1. The first-order valence-electron chi connectivity index (χ1n) is 12.7. The van der Waals surface area contributed by atoms with Gasteiger partial charge in [0.05, 0.1) is 22.3 Å². The summed E-state index contributed by atoms with van der Waals surface area (Å²) in [6.07, 6.45) is 6.12. The first-order chi connectivity index (χ1) is 17.5. The van der Waals surface area contributed by atoms with E-state index in [2.05, 4.69) is 31.3 Å². The number of hydrogen-bond acceptors (Lipinski definition) is 4. The van der Waals surface area contributed by atoms with Crippen LogP contribution in [0.1, 0.15) is 69.8 Å². The summed E-state index contributed by atoms with van der Waals surface area (Å²) in [6, 6.07) is 17.8. The predicted octanol–water partition coefficient (Wildman–Crippen LogP) is 6.78. The third-order valence-corrected chi connectivity index (χ3v) is 8.33. The van der Waals surface area contributed by atoms with E-state index in [9.17, 15) is 9.59 Å². The second kappa shape index (κ2) is 10.2. The van der Waals surface area contributed by atoms with Crippen LogP contribution in [0.4, 0.5) is 5.00 Å². The molecule has 184 valence electrons. The number of aryl methyl sites for hydroxylation is 1. The molecular weight excluding hydrogens is 466 g/mol. The zero-order valence-corrected chi connectivity index (χ0v) is 21.6. The van der Waals surface area contributed by atoms with Crippen molar-refractivity contribution in [3.05, 3.63) is 81.7 Å². The van der Waals surface area contributed by atoms with Gasteiger partial charge in [-0.2, -0.15) is 0 Å². The first-order valence-corrected chi connectivity index (χ1v) is 13.5. The molecule has 2 aromatic heterocycles. The number of fused-ring (bicyclic) bond motifs is 2. The van der Waals surface area contributed by atoms with Crippen LogP contribution in [0.5, 0.6) is 0 Å². The molecule has 1 aliphatic rings. The largest absolute Gasteiger partial charge is 0.365 e. The monoisotopic (exact) mass is 497 g/mol. The summed E-state index contributed by atoms with van der Waals surface area (Å²) in [5.41, 5.74) is 11.5.